The SMILES string of the molecule is Cc1ccccc1Nc1nc(N)nc(CSc2nc3ccccc3n2C)n1. The lowest BCUT2D eigenvalue weighted by Gasteiger charge is -2.09. The first-order valence-corrected chi connectivity index (χ1v) is 9.46. The van der Waals surface area contributed by atoms with Crippen LogP contribution in [0.3, 0.4) is 0 Å². The van der Waals surface area contributed by atoms with E-state index in [0.717, 1.165) is 27.4 Å². The van der Waals surface area contributed by atoms with Crippen LogP contribution in [0.1, 0.15) is 11.4 Å². The molecule has 3 N–H and O–H groups in total. The average molecular weight is 377 g/mol. The standard InChI is InChI=1S/C19H19N7S/c1-12-7-3-4-8-13(12)21-18-24-16(23-17(20)25-18)11-27-19-22-14-9-5-6-10-15(14)26(19)2/h3-10H,11H2,1-2H3,(H3,20,21,23,24,25). The second-order valence-electron chi connectivity index (χ2n) is 6.10. The van der Waals surface area contributed by atoms with Crippen molar-refractivity contribution in [1.29, 1.82) is 0 Å². The number of anilines is 3. The van der Waals surface area contributed by atoms with Gasteiger partial charge in [0.05, 0.1) is 16.8 Å². The largest absolute Gasteiger partial charge is 0.368 e. The highest BCUT2D eigenvalue weighted by Gasteiger charge is 2.11. The van der Waals surface area contributed by atoms with Crippen LogP contribution in [0.15, 0.2) is 53.7 Å². The molecule has 0 saturated heterocycles. The molecule has 0 aliphatic carbocycles. The zero-order chi connectivity index (χ0) is 18.8. The number of hydrogen-bond acceptors (Lipinski definition) is 7. The first-order valence-electron chi connectivity index (χ1n) is 8.47. The van der Waals surface area contributed by atoms with E-state index in [0.29, 0.717) is 17.5 Å². The number of hydrogen-bond donors (Lipinski definition) is 2. The highest BCUT2D eigenvalue weighted by atomic mass is 32.2. The molecule has 4 rings (SSSR count). The second-order valence-corrected chi connectivity index (χ2v) is 7.05. The zero-order valence-corrected chi connectivity index (χ0v) is 15.9. The number of rotatable bonds is 5. The van der Waals surface area contributed by atoms with Gasteiger partial charge in [0.15, 0.2) is 5.16 Å². The third-order valence-corrected chi connectivity index (χ3v) is 5.19. The third kappa shape index (κ3) is 3.70. The van der Waals surface area contributed by atoms with Crippen LogP contribution in [0, 0.1) is 6.92 Å². The van der Waals surface area contributed by atoms with Gasteiger partial charge in [-0.15, -0.1) is 0 Å². The topological polar surface area (TPSA) is 94.5 Å². The first-order chi connectivity index (χ1) is 13.1. The highest BCUT2D eigenvalue weighted by molar-refractivity contribution is 7.98. The van der Waals surface area contributed by atoms with Crippen LogP contribution in [0.25, 0.3) is 11.0 Å². The van der Waals surface area contributed by atoms with E-state index in [2.05, 4.69) is 35.9 Å². The number of nitrogens with two attached hydrogens (primary N) is 1. The Balaban J connectivity index is 1.54. The van der Waals surface area contributed by atoms with Crippen molar-refractivity contribution in [2.45, 2.75) is 17.8 Å². The maximum absolute atomic E-state index is 5.88. The lowest BCUT2D eigenvalue weighted by molar-refractivity contribution is 0.813. The van der Waals surface area contributed by atoms with Gasteiger partial charge in [-0.2, -0.15) is 15.0 Å². The van der Waals surface area contributed by atoms with Crippen molar-refractivity contribution in [3.05, 3.63) is 59.9 Å². The summed E-state index contributed by atoms with van der Waals surface area (Å²) in [5.41, 5.74) is 9.99. The van der Waals surface area contributed by atoms with E-state index >= 15 is 0 Å². The number of thioether (sulfide) groups is 1. The Morgan fingerprint density at radius 1 is 1.00 bits per heavy atom. The molecule has 0 fully saturated rings. The molecule has 2 aromatic carbocycles. The van der Waals surface area contributed by atoms with Crippen LogP contribution in [0.5, 0.6) is 0 Å². The van der Waals surface area contributed by atoms with Crippen molar-refractivity contribution < 1.29 is 0 Å². The van der Waals surface area contributed by atoms with Gasteiger partial charge in [-0.1, -0.05) is 42.1 Å². The fourth-order valence-corrected chi connectivity index (χ4v) is 3.62. The van der Waals surface area contributed by atoms with Gasteiger partial charge in [-0.25, -0.2) is 4.98 Å². The van der Waals surface area contributed by atoms with Crippen molar-refractivity contribution in [3.63, 3.8) is 0 Å². The maximum atomic E-state index is 5.88. The number of para-hydroxylation sites is 3. The van der Waals surface area contributed by atoms with Crippen molar-refractivity contribution in [2.24, 2.45) is 7.05 Å². The molecule has 2 heterocycles. The molecule has 2 aromatic heterocycles. The van der Waals surface area contributed by atoms with Gasteiger partial charge >= 0.3 is 0 Å². The molecule has 0 spiro atoms. The number of nitrogens with one attached hydrogen (secondary N) is 1. The molecule has 136 valence electrons. The number of aryl methyl sites for hydroxylation is 2. The molecule has 0 aliphatic heterocycles. The fraction of sp³-hybridized carbons (Fsp3) is 0.158. The van der Waals surface area contributed by atoms with E-state index in [1.165, 1.54) is 0 Å². The molecule has 0 bridgehead atoms. The lowest BCUT2D eigenvalue weighted by atomic mass is 10.2. The summed E-state index contributed by atoms with van der Waals surface area (Å²) in [4.78, 5) is 17.6. The summed E-state index contributed by atoms with van der Waals surface area (Å²) >= 11 is 1.57. The van der Waals surface area contributed by atoms with Gasteiger partial charge in [0.25, 0.3) is 0 Å². The number of fused-ring (bicyclic) bond motifs is 1. The summed E-state index contributed by atoms with van der Waals surface area (Å²) in [5, 5.41) is 4.12. The Bertz CT molecular complexity index is 1110. The molecule has 0 unspecified atom stereocenters. The molecular weight excluding hydrogens is 358 g/mol. The molecule has 0 saturated carbocycles. The van der Waals surface area contributed by atoms with Gasteiger partial charge in [0.2, 0.25) is 11.9 Å². The highest BCUT2D eigenvalue weighted by Crippen LogP contribution is 2.25. The summed E-state index contributed by atoms with van der Waals surface area (Å²) in [5.74, 6) is 1.79. The number of imidazole rings is 1. The minimum absolute atomic E-state index is 0.196. The van der Waals surface area contributed by atoms with Gasteiger partial charge in [0, 0.05) is 12.7 Å². The van der Waals surface area contributed by atoms with E-state index < -0.39 is 0 Å². The van der Waals surface area contributed by atoms with Crippen LogP contribution >= 0.6 is 11.8 Å². The smallest absolute Gasteiger partial charge is 0.232 e. The maximum Gasteiger partial charge on any atom is 0.232 e. The minimum atomic E-state index is 0.196. The molecule has 8 heteroatoms. The number of nitrogen functional groups attached to an aromatic ring is 1. The summed E-state index contributed by atoms with van der Waals surface area (Å²) < 4.78 is 2.07. The predicted molar refractivity (Wildman–Crippen MR) is 109 cm³/mol. The van der Waals surface area contributed by atoms with Crippen molar-refractivity contribution in [2.75, 3.05) is 11.1 Å². The van der Waals surface area contributed by atoms with E-state index in [1.807, 2.05) is 56.4 Å². The first kappa shape index (κ1) is 17.3. The molecule has 4 aromatic rings. The zero-order valence-electron chi connectivity index (χ0n) is 15.0. The molecule has 0 radical (unpaired) electrons. The Morgan fingerprint density at radius 2 is 1.78 bits per heavy atom. The van der Waals surface area contributed by atoms with Gasteiger partial charge in [0.1, 0.15) is 5.82 Å². The van der Waals surface area contributed by atoms with E-state index in [-0.39, 0.29) is 5.95 Å². The Kier molecular flexibility index (Phi) is 4.64. The number of aromatic nitrogens is 5. The van der Waals surface area contributed by atoms with Crippen molar-refractivity contribution >= 4 is 40.4 Å². The van der Waals surface area contributed by atoms with Crippen LogP contribution in [-0.2, 0) is 12.8 Å². The minimum Gasteiger partial charge on any atom is -0.368 e. The molecule has 0 atom stereocenters. The van der Waals surface area contributed by atoms with Gasteiger partial charge in [-0.3, -0.25) is 0 Å². The van der Waals surface area contributed by atoms with E-state index in [9.17, 15) is 0 Å². The normalized spacial score (nSPS) is 11.0. The summed E-state index contributed by atoms with van der Waals surface area (Å²) in [6.07, 6.45) is 0. The predicted octanol–water partition coefficient (Wildman–Crippen LogP) is 3.68. The second kappa shape index (κ2) is 7.24. The third-order valence-electron chi connectivity index (χ3n) is 4.17. The lowest BCUT2D eigenvalue weighted by Crippen LogP contribution is -2.07. The number of benzene rings is 2. The summed E-state index contributed by atoms with van der Waals surface area (Å²) in [6, 6.07) is 16.0. The Hall–Kier alpha value is -3.13. The molecule has 27 heavy (non-hydrogen) atoms. The summed E-state index contributed by atoms with van der Waals surface area (Å²) in [6.45, 7) is 2.02. The Labute approximate surface area is 161 Å². The van der Waals surface area contributed by atoms with Crippen LogP contribution in [0.4, 0.5) is 17.6 Å². The molecule has 0 amide bonds. The molecular formula is C19H19N7S. The van der Waals surface area contributed by atoms with Crippen molar-refractivity contribution in [1.82, 2.24) is 24.5 Å². The van der Waals surface area contributed by atoms with Crippen LogP contribution < -0.4 is 11.1 Å². The molecule has 0 aliphatic rings. The fourth-order valence-electron chi connectivity index (χ4n) is 2.77. The Morgan fingerprint density at radius 3 is 2.59 bits per heavy atom. The number of nitrogens with zero attached hydrogens (tertiary/aromatic N) is 5. The molecule has 7 nitrogen and oxygen atoms in total. The summed E-state index contributed by atoms with van der Waals surface area (Å²) in [7, 11) is 2.00. The van der Waals surface area contributed by atoms with E-state index in [1.54, 1.807) is 11.8 Å². The van der Waals surface area contributed by atoms with Crippen LogP contribution in [0.2, 0.25) is 0 Å². The van der Waals surface area contributed by atoms with Crippen LogP contribution in [-0.4, -0.2) is 24.5 Å². The van der Waals surface area contributed by atoms with Crippen molar-refractivity contribution in [3.8, 4) is 0 Å². The average Bonchev–Trinajstić information content (AvgIpc) is 2.98. The van der Waals surface area contributed by atoms with Gasteiger partial charge < -0.3 is 15.6 Å². The monoisotopic (exact) mass is 377 g/mol. The quantitative estimate of drug-likeness (QED) is 0.512. The van der Waals surface area contributed by atoms with Gasteiger partial charge in [-0.05, 0) is 30.7 Å². The van der Waals surface area contributed by atoms with E-state index in [4.69, 9.17) is 5.73 Å².